The Morgan fingerprint density at radius 3 is 2.37 bits per heavy atom. The first-order valence-corrected chi connectivity index (χ1v) is 7.61. The van der Waals surface area contributed by atoms with Crippen molar-refractivity contribution < 1.29 is 13.4 Å². The standard InChI is InChI=1S/C14H10BrFO2S/c15-11-7-5-10(6-8-11)13(17)9-19(18)14-4-2-1-3-12(14)16/h1-8H,9H2. The third-order valence-electron chi connectivity index (χ3n) is 2.51. The van der Waals surface area contributed by atoms with Crippen LogP contribution in [0.2, 0.25) is 0 Å². The molecule has 2 nitrogen and oxygen atoms in total. The number of ketones is 1. The molecule has 0 aliphatic heterocycles. The zero-order chi connectivity index (χ0) is 13.8. The van der Waals surface area contributed by atoms with Crippen molar-refractivity contribution in [2.24, 2.45) is 0 Å². The van der Waals surface area contributed by atoms with E-state index in [1.165, 1.54) is 18.2 Å². The molecule has 0 saturated heterocycles. The summed E-state index contributed by atoms with van der Waals surface area (Å²) in [6, 6.07) is 12.5. The maximum absolute atomic E-state index is 13.4. The van der Waals surface area contributed by atoms with Crippen LogP contribution in [0.5, 0.6) is 0 Å². The highest BCUT2D eigenvalue weighted by Gasteiger charge is 2.15. The molecule has 0 radical (unpaired) electrons. The Labute approximate surface area is 121 Å². The number of carbonyl (C=O) groups is 1. The first kappa shape index (κ1) is 14.1. The molecule has 0 aromatic heterocycles. The van der Waals surface area contributed by atoms with E-state index in [1.54, 1.807) is 30.3 Å². The second-order valence-corrected chi connectivity index (χ2v) is 6.19. The molecule has 2 rings (SSSR count). The normalized spacial score (nSPS) is 12.1. The van der Waals surface area contributed by atoms with Crippen LogP contribution in [0.25, 0.3) is 0 Å². The molecule has 98 valence electrons. The molecular weight excluding hydrogens is 331 g/mol. The van der Waals surface area contributed by atoms with Crippen LogP contribution in [-0.4, -0.2) is 15.7 Å². The minimum Gasteiger partial charge on any atom is -0.293 e. The van der Waals surface area contributed by atoms with E-state index in [2.05, 4.69) is 15.9 Å². The summed E-state index contributed by atoms with van der Waals surface area (Å²) in [7, 11) is -1.67. The van der Waals surface area contributed by atoms with Gasteiger partial charge in [0.15, 0.2) is 5.78 Å². The van der Waals surface area contributed by atoms with E-state index in [4.69, 9.17) is 0 Å². The summed E-state index contributed by atoms with van der Waals surface area (Å²) >= 11 is 3.27. The van der Waals surface area contributed by atoms with Crippen LogP contribution in [0, 0.1) is 5.82 Å². The third-order valence-corrected chi connectivity index (χ3v) is 4.39. The summed E-state index contributed by atoms with van der Waals surface area (Å²) in [6.07, 6.45) is 0. The highest BCUT2D eigenvalue weighted by atomic mass is 79.9. The third kappa shape index (κ3) is 3.58. The average Bonchev–Trinajstić information content (AvgIpc) is 2.39. The van der Waals surface area contributed by atoms with Gasteiger partial charge in [0.2, 0.25) is 0 Å². The summed E-state index contributed by atoms with van der Waals surface area (Å²) < 4.78 is 26.3. The number of hydrogen-bond donors (Lipinski definition) is 0. The minimum atomic E-state index is -1.67. The lowest BCUT2D eigenvalue weighted by Crippen LogP contribution is -2.12. The Kier molecular flexibility index (Phi) is 4.61. The van der Waals surface area contributed by atoms with Crippen molar-refractivity contribution in [2.45, 2.75) is 4.90 Å². The molecular formula is C14H10BrFO2S. The molecule has 2 aromatic rings. The Morgan fingerprint density at radius 1 is 1.11 bits per heavy atom. The largest absolute Gasteiger partial charge is 0.293 e. The van der Waals surface area contributed by atoms with Crippen molar-refractivity contribution in [3.8, 4) is 0 Å². The van der Waals surface area contributed by atoms with E-state index in [-0.39, 0.29) is 16.4 Å². The smallest absolute Gasteiger partial charge is 0.175 e. The fourth-order valence-corrected chi connectivity index (χ4v) is 2.89. The van der Waals surface area contributed by atoms with Gasteiger partial charge in [-0.15, -0.1) is 0 Å². The quantitative estimate of drug-likeness (QED) is 0.797. The zero-order valence-corrected chi connectivity index (χ0v) is 12.2. The number of Topliss-reactive ketones (excluding diaryl/α,β-unsaturated/α-hetero) is 1. The molecule has 19 heavy (non-hydrogen) atoms. The number of hydrogen-bond acceptors (Lipinski definition) is 2. The molecule has 0 amide bonds. The van der Waals surface area contributed by atoms with E-state index in [0.717, 1.165) is 4.47 Å². The van der Waals surface area contributed by atoms with Gasteiger partial charge in [-0.2, -0.15) is 0 Å². The molecule has 0 bridgehead atoms. The fourth-order valence-electron chi connectivity index (χ4n) is 1.55. The second-order valence-electron chi connectivity index (χ2n) is 3.85. The summed E-state index contributed by atoms with van der Waals surface area (Å²) in [5.41, 5.74) is 0.466. The van der Waals surface area contributed by atoms with Crippen LogP contribution in [0.15, 0.2) is 57.9 Å². The SMILES string of the molecule is O=C(CS(=O)c1ccccc1F)c1ccc(Br)cc1. The summed E-state index contributed by atoms with van der Waals surface area (Å²) in [4.78, 5) is 12.0. The number of halogens is 2. The predicted octanol–water partition coefficient (Wildman–Crippen LogP) is 3.58. The van der Waals surface area contributed by atoms with Crippen LogP contribution < -0.4 is 0 Å². The molecule has 5 heteroatoms. The van der Waals surface area contributed by atoms with Crippen LogP contribution in [0.3, 0.4) is 0 Å². The lowest BCUT2D eigenvalue weighted by atomic mass is 10.2. The minimum absolute atomic E-state index is 0.0629. The summed E-state index contributed by atoms with van der Waals surface area (Å²) in [5, 5.41) is 0. The van der Waals surface area contributed by atoms with Gasteiger partial charge in [0.25, 0.3) is 0 Å². The van der Waals surface area contributed by atoms with E-state index in [1.807, 2.05) is 0 Å². The van der Waals surface area contributed by atoms with Crippen molar-refractivity contribution in [1.82, 2.24) is 0 Å². The summed E-state index contributed by atoms with van der Waals surface area (Å²) in [5.74, 6) is -1.04. The second kappa shape index (κ2) is 6.21. The van der Waals surface area contributed by atoms with E-state index < -0.39 is 16.6 Å². The van der Waals surface area contributed by atoms with Crippen LogP contribution in [0.1, 0.15) is 10.4 Å². The van der Waals surface area contributed by atoms with Gasteiger partial charge in [-0.25, -0.2) is 4.39 Å². The van der Waals surface area contributed by atoms with Gasteiger partial charge < -0.3 is 0 Å². The summed E-state index contributed by atoms with van der Waals surface area (Å²) in [6.45, 7) is 0. The van der Waals surface area contributed by atoms with Gasteiger partial charge >= 0.3 is 0 Å². The molecule has 2 aromatic carbocycles. The first-order chi connectivity index (χ1) is 9.08. The number of carbonyl (C=O) groups excluding carboxylic acids is 1. The molecule has 1 atom stereocenters. The number of benzene rings is 2. The van der Waals surface area contributed by atoms with Gasteiger partial charge in [0.1, 0.15) is 5.82 Å². The number of rotatable bonds is 4. The van der Waals surface area contributed by atoms with Gasteiger partial charge in [0.05, 0.1) is 21.4 Å². The maximum atomic E-state index is 13.4. The topological polar surface area (TPSA) is 34.1 Å². The monoisotopic (exact) mass is 340 g/mol. The Morgan fingerprint density at radius 2 is 1.74 bits per heavy atom. The molecule has 0 fully saturated rings. The Balaban J connectivity index is 2.13. The van der Waals surface area contributed by atoms with E-state index >= 15 is 0 Å². The van der Waals surface area contributed by atoms with Crippen molar-refractivity contribution in [1.29, 1.82) is 0 Å². The van der Waals surface area contributed by atoms with E-state index in [9.17, 15) is 13.4 Å². The fraction of sp³-hybridized carbons (Fsp3) is 0.0714. The average molecular weight is 341 g/mol. The Bertz CT molecular complexity index is 626. The lowest BCUT2D eigenvalue weighted by molar-refractivity contribution is 0.102. The van der Waals surface area contributed by atoms with Crippen LogP contribution in [-0.2, 0) is 10.8 Å². The molecule has 0 heterocycles. The van der Waals surface area contributed by atoms with Crippen molar-refractivity contribution in [2.75, 3.05) is 5.75 Å². The van der Waals surface area contributed by atoms with Gasteiger partial charge in [-0.1, -0.05) is 40.2 Å². The van der Waals surface area contributed by atoms with Crippen LogP contribution >= 0.6 is 15.9 Å². The van der Waals surface area contributed by atoms with E-state index in [0.29, 0.717) is 5.56 Å². The van der Waals surface area contributed by atoms with Crippen molar-refractivity contribution in [3.63, 3.8) is 0 Å². The Hall–Kier alpha value is -1.33. The lowest BCUT2D eigenvalue weighted by Gasteiger charge is -2.03. The first-order valence-electron chi connectivity index (χ1n) is 5.49. The van der Waals surface area contributed by atoms with Crippen molar-refractivity contribution >= 4 is 32.5 Å². The van der Waals surface area contributed by atoms with Gasteiger partial charge in [-0.3, -0.25) is 9.00 Å². The highest BCUT2D eigenvalue weighted by molar-refractivity contribution is 9.10. The predicted molar refractivity (Wildman–Crippen MR) is 76.1 cm³/mol. The molecule has 0 N–H and O–H groups in total. The molecule has 0 saturated carbocycles. The molecule has 0 aliphatic rings. The highest BCUT2D eigenvalue weighted by Crippen LogP contribution is 2.15. The van der Waals surface area contributed by atoms with Gasteiger partial charge in [0, 0.05) is 10.0 Å². The molecule has 1 unspecified atom stereocenters. The molecule has 0 spiro atoms. The zero-order valence-electron chi connectivity index (χ0n) is 9.81. The molecule has 0 aliphatic carbocycles. The van der Waals surface area contributed by atoms with Crippen LogP contribution in [0.4, 0.5) is 4.39 Å². The maximum Gasteiger partial charge on any atom is 0.175 e. The van der Waals surface area contributed by atoms with Crippen molar-refractivity contribution in [3.05, 3.63) is 64.4 Å². The van der Waals surface area contributed by atoms with Gasteiger partial charge in [-0.05, 0) is 24.3 Å².